The van der Waals surface area contributed by atoms with E-state index in [-0.39, 0.29) is 13.2 Å². The Balaban J connectivity index is 2.24. The molecule has 4 N–H and O–H groups in total. The van der Waals surface area contributed by atoms with E-state index in [2.05, 4.69) is 10.3 Å². The van der Waals surface area contributed by atoms with Gasteiger partial charge in [-0.2, -0.15) is 0 Å². The fourth-order valence-corrected chi connectivity index (χ4v) is 1.91. The standard InChI is InChI=1S/C13H18N4O2/c14-7-12-13(6-10-4-2-1-3-5-10)17(16-15-12)8-11(19)9-18/h1-5,11,18-19H,6-9,14H2. The lowest BCUT2D eigenvalue weighted by Crippen LogP contribution is -2.22. The van der Waals surface area contributed by atoms with Crippen LogP contribution in [-0.4, -0.2) is 37.9 Å². The Labute approximate surface area is 111 Å². The van der Waals surface area contributed by atoms with E-state index in [1.807, 2.05) is 30.3 Å². The third-order valence-electron chi connectivity index (χ3n) is 2.92. The maximum Gasteiger partial charge on any atom is 0.0998 e. The maximum atomic E-state index is 9.51. The molecule has 0 saturated heterocycles. The van der Waals surface area contributed by atoms with Crippen LogP contribution in [0.2, 0.25) is 0 Å². The smallest absolute Gasteiger partial charge is 0.0998 e. The summed E-state index contributed by atoms with van der Waals surface area (Å²) in [6.45, 7) is 0.214. The van der Waals surface area contributed by atoms with E-state index in [0.29, 0.717) is 18.7 Å². The number of benzene rings is 1. The molecule has 6 nitrogen and oxygen atoms in total. The van der Waals surface area contributed by atoms with Gasteiger partial charge in [-0.25, -0.2) is 4.68 Å². The minimum absolute atomic E-state index is 0.214. The highest BCUT2D eigenvalue weighted by Gasteiger charge is 2.14. The summed E-state index contributed by atoms with van der Waals surface area (Å²) in [6.07, 6.45) is -0.194. The molecule has 0 fully saturated rings. The van der Waals surface area contributed by atoms with Crippen molar-refractivity contribution in [3.63, 3.8) is 0 Å². The van der Waals surface area contributed by atoms with Gasteiger partial charge in [0.2, 0.25) is 0 Å². The average Bonchev–Trinajstić information content (AvgIpc) is 2.82. The van der Waals surface area contributed by atoms with E-state index in [1.54, 1.807) is 4.68 Å². The van der Waals surface area contributed by atoms with E-state index in [9.17, 15) is 5.11 Å². The topological polar surface area (TPSA) is 97.2 Å². The predicted molar refractivity (Wildman–Crippen MR) is 70.3 cm³/mol. The first-order valence-electron chi connectivity index (χ1n) is 6.18. The third-order valence-corrected chi connectivity index (χ3v) is 2.92. The zero-order valence-electron chi connectivity index (χ0n) is 10.6. The van der Waals surface area contributed by atoms with Crippen LogP contribution in [0.25, 0.3) is 0 Å². The largest absolute Gasteiger partial charge is 0.394 e. The summed E-state index contributed by atoms with van der Waals surface area (Å²) < 4.78 is 1.61. The molecule has 0 spiro atoms. The Bertz CT molecular complexity index is 513. The molecule has 0 amide bonds. The zero-order valence-corrected chi connectivity index (χ0v) is 10.6. The van der Waals surface area contributed by atoms with Crippen molar-refractivity contribution in [2.24, 2.45) is 5.73 Å². The predicted octanol–water partition coefficient (Wildman–Crippen LogP) is -0.319. The monoisotopic (exact) mass is 262 g/mol. The molecule has 1 unspecified atom stereocenters. The van der Waals surface area contributed by atoms with Crippen LogP contribution in [0.4, 0.5) is 0 Å². The molecule has 19 heavy (non-hydrogen) atoms. The Kier molecular flexibility index (Phi) is 4.62. The van der Waals surface area contributed by atoms with Gasteiger partial charge in [0.1, 0.15) is 0 Å². The van der Waals surface area contributed by atoms with Gasteiger partial charge in [-0.1, -0.05) is 35.5 Å². The van der Waals surface area contributed by atoms with Crippen LogP contribution in [0.3, 0.4) is 0 Å². The van der Waals surface area contributed by atoms with E-state index in [1.165, 1.54) is 0 Å². The summed E-state index contributed by atoms with van der Waals surface area (Å²) in [5.74, 6) is 0. The molecule has 2 rings (SSSR count). The lowest BCUT2D eigenvalue weighted by Gasteiger charge is -2.11. The Morgan fingerprint density at radius 1 is 1.26 bits per heavy atom. The molecule has 0 saturated carbocycles. The van der Waals surface area contributed by atoms with Crippen LogP contribution >= 0.6 is 0 Å². The number of rotatable bonds is 6. The molecule has 0 aliphatic rings. The lowest BCUT2D eigenvalue weighted by atomic mass is 10.1. The normalized spacial score (nSPS) is 12.6. The number of aliphatic hydroxyl groups excluding tert-OH is 2. The second-order valence-corrected chi connectivity index (χ2v) is 4.37. The fraction of sp³-hybridized carbons (Fsp3) is 0.385. The Morgan fingerprint density at radius 3 is 2.63 bits per heavy atom. The fourth-order valence-electron chi connectivity index (χ4n) is 1.91. The van der Waals surface area contributed by atoms with Crippen LogP contribution < -0.4 is 5.73 Å². The van der Waals surface area contributed by atoms with Crippen molar-refractivity contribution >= 4 is 0 Å². The summed E-state index contributed by atoms with van der Waals surface area (Å²) in [5, 5.41) is 26.4. The van der Waals surface area contributed by atoms with Crippen molar-refractivity contribution in [1.29, 1.82) is 0 Å². The van der Waals surface area contributed by atoms with Crippen molar-refractivity contribution in [3.8, 4) is 0 Å². The number of aliphatic hydroxyl groups is 2. The molecule has 1 aromatic heterocycles. The van der Waals surface area contributed by atoms with Gasteiger partial charge in [0.15, 0.2) is 0 Å². The molecule has 1 atom stereocenters. The minimum atomic E-state index is -0.846. The third kappa shape index (κ3) is 3.37. The van der Waals surface area contributed by atoms with Crippen molar-refractivity contribution in [2.45, 2.75) is 25.6 Å². The maximum absolute atomic E-state index is 9.51. The molecule has 0 bridgehead atoms. The molecule has 0 radical (unpaired) electrons. The number of nitrogens with two attached hydrogens (primary N) is 1. The van der Waals surface area contributed by atoms with Crippen LogP contribution in [0.5, 0.6) is 0 Å². The van der Waals surface area contributed by atoms with Gasteiger partial charge in [-0.15, -0.1) is 5.10 Å². The number of hydrogen-bond donors (Lipinski definition) is 3. The molecule has 1 aromatic carbocycles. The minimum Gasteiger partial charge on any atom is -0.394 e. The van der Waals surface area contributed by atoms with E-state index < -0.39 is 6.10 Å². The lowest BCUT2D eigenvalue weighted by molar-refractivity contribution is 0.0771. The second-order valence-electron chi connectivity index (χ2n) is 4.37. The van der Waals surface area contributed by atoms with Gasteiger partial charge in [-0.3, -0.25) is 0 Å². The van der Waals surface area contributed by atoms with Crippen molar-refractivity contribution < 1.29 is 10.2 Å². The summed E-state index contributed by atoms with van der Waals surface area (Å²) in [4.78, 5) is 0. The Morgan fingerprint density at radius 2 is 2.00 bits per heavy atom. The highest BCUT2D eigenvalue weighted by atomic mass is 16.3. The van der Waals surface area contributed by atoms with E-state index >= 15 is 0 Å². The summed E-state index contributed by atoms with van der Waals surface area (Å²) in [6, 6.07) is 9.92. The summed E-state index contributed by atoms with van der Waals surface area (Å²) >= 11 is 0. The molecule has 6 heteroatoms. The average molecular weight is 262 g/mol. The molecule has 102 valence electrons. The molecular formula is C13H18N4O2. The van der Waals surface area contributed by atoms with Gasteiger partial charge >= 0.3 is 0 Å². The summed E-state index contributed by atoms with van der Waals surface area (Å²) in [7, 11) is 0. The van der Waals surface area contributed by atoms with Crippen molar-refractivity contribution in [3.05, 3.63) is 47.3 Å². The molecule has 0 aliphatic heterocycles. The zero-order chi connectivity index (χ0) is 13.7. The highest BCUT2D eigenvalue weighted by molar-refractivity contribution is 5.24. The van der Waals surface area contributed by atoms with Crippen LogP contribution in [-0.2, 0) is 19.5 Å². The molecular weight excluding hydrogens is 244 g/mol. The quantitative estimate of drug-likeness (QED) is 0.663. The van der Waals surface area contributed by atoms with Gasteiger partial charge in [0, 0.05) is 13.0 Å². The van der Waals surface area contributed by atoms with E-state index in [0.717, 1.165) is 11.3 Å². The summed E-state index contributed by atoms with van der Waals surface area (Å²) in [5.41, 5.74) is 8.37. The Hall–Kier alpha value is -1.76. The van der Waals surface area contributed by atoms with Gasteiger partial charge < -0.3 is 15.9 Å². The van der Waals surface area contributed by atoms with Gasteiger partial charge in [-0.05, 0) is 5.56 Å². The SMILES string of the molecule is NCc1nnn(CC(O)CO)c1Cc1ccccc1. The van der Waals surface area contributed by atoms with E-state index in [4.69, 9.17) is 10.8 Å². The first-order chi connectivity index (χ1) is 9.24. The second kappa shape index (κ2) is 6.42. The van der Waals surface area contributed by atoms with Gasteiger partial charge in [0.25, 0.3) is 0 Å². The first kappa shape index (κ1) is 13.7. The first-order valence-corrected chi connectivity index (χ1v) is 6.18. The van der Waals surface area contributed by atoms with Crippen LogP contribution in [0, 0.1) is 0 Å². The highest BCUT2D eigenvalue weighted by Crippen LogP contribution is 2.12. The van der Waals surface area contributed by atoms with Crippen molar-refractivity contribution in [1.82, 2.24) is 15.0 Å². The van der Waals surface area contributed by atoms with Gasteiger partial charge in [0.05, 0.1) is 30.6 Å². The molecule has 2 aromatic rings. The van der Waals surface area contributed by atoms with Crippen molar-refractivity contribution in [2.75, 3.05) is 6.61 Å². The number of nitrogens with zero attached hydrogens (tertiary/aromatic N) is 3. The van der Waals surface area contributed by atoms with Crippen LogP contribution in [0.1, 0.15) is 17.0 Å². The number of aromatic nitrogens is 3. The number of hydrogen-bond acceptors (Lipinski definition) is 5. The molecule has 1 heterocycles. The molecule has 0 aliphatic carbocycles. The van der Waals surface area contributed by atoms with Crippen LogP contribution in [0.15, 0.2) is 30.3 Å².